The van der Waals surface area contributed by atoms with Crippen LogP contribution in [0.4, 0.5) is 11.8 Å². The average Bonchev–Trinajstić information content (AvgIpc) is 2.55. The Morgan fingerprint density at radius 3 is 2.13 bits per heavy atom. The van der Waals surface area contributed by atoms with Crippen LogP contribution >= 0.6 is 11.8 Å². The van der Waals surface area contributed by atoms with Crippen molar-refractivity contribution in [3.05, 3.63) is 29.2 Å². The van der Waals surface area contributed by atoms with Crippen LogP contribution in [0.3, 0.4) is 0 Å². The summed E-state index contributed by atoms with van der Waals surface area (Å²) in [6.45, 7) is 9.75. The summed E-state index contributed by atoms with van der Waals surface area (Å²) in [5, 5.41) is 0.825. The van der Waals surface area contributed by atoms with E-state index in [9.17, 15) is 0 Å². The van der Waals surface area contributed by atoms with E-state index in [1.54, 1.807) is 11.8 Å². The third-order valence-corrected chi connectivity index (χ3v) is 4.50. The molecule has 0 aliphatic carbocycles. The van der Waals surface area contributed by atoms with Crippen molar-refractivity contribution in [1.29, 1.82) is 0 Å². The van der Waals surface area contributed by atoms with Gasteiger partial charge in [0, 0.05) is 49.3 Å². The molecule has 122 valence electrons. The van der Waals surface area contributed by atoms with Crippen molar-refractivity contribution < 1.29 is 0 Å². The molecule has 1 aliphatic rings. The molecule has 1 saturated heterocycles. The summed E-state index contributed by atoms with van der Waals surface area (Å²) in [5.74, 6) is 1.89. The van der Waals surface area contributed by atoms with Crippen molar-refractivity contribution in [2.75, 3.05) is 42.2 Å². The maximum Gasteiger partial charge on any atom is 0.225 e. The van der Waals surface area contributed by atoms with Gasteiger partial charge in [-0.05, 0) is 33.1 Å². The first-order valence-corrected chi connectivity index (χ1v) is 8.99. The molecule has 0 aromatic carbocycles. The van der Waals surface area contributed by atoms with Crippen LogP contribution in [-0.4, -0.2) is 52.4 Å². The summed E-state index contributed by atoms with van der Waals surface area (Å²) in [4.78, 5) is 22.7. The molecule has 0 saturated carbocycles. The van der Waals surface area contributed by atoms with Crippen molar-refractivity contribution in [2.45, 2.75) is 25.9 Å². The molecule has 6 nitrogen and oxygen atoms in total. The molecule has 2 aromatic rings. The van der Waals surface area contributed by atoms with E-state index < -0.39 is 0 Å². The lowest BCUT2D eigenvalue weighted by Gasteiger charge is -2.36. The fraction of sp³-hybridized carbons (Fsp3) is 0.500. The third-order valence-electron chi connectivity index (χ3n) is 3.94. The van der Waals surface area contributed by atoms with E-state index in [0.29, 0.717) is 0 Å². The first-order chi connectivity index (χ1) is 11.1. The SMILES string of the molecule is CSc1ncc(C)c(N2CCN(c3nc(C)cc(C)n3)CC2)n1. The third kappa shape index (κ3) is 3.55. The topological polar surface area (TPSA) is 58.0 Å². The Labute approximate surface area is 141 Å². The molecule has 0 unspecified atom stereocenters. The van der Waals surface area contributed by atoms with Gasteiger partial charge in [-0.1, -0.05) is 11.8 Å². The summed E-state index contributed by atoms with van der Waals surface area (Å²) < 4.78 is 0. The molecule has 3 rings (SSSR count). The number of aryl methyl sites for hydroxylation is 3. The molecule has 0 radical (unpaired) electrons. The Hall–Kier alpha value is -1.89. The minimum Gasteiger partial charge on any atom is -0.353 e. The van der Waals surface area contributed by atoms with E-state index in [0.717, 1.165) is 60.1 Å². The van der Waals surface area contributed by atoms with Crippen molar-refractivity contribution in [3.63, 3.8) is 0 Å². The van der Waals surface area contributed by atoms with Crippen LogP contribution in [0.1, 0.15) is 17.0 Å². The highest BCUT2D eigenvalue weighted by molar-refractivity contribution is 7.98. The molecule has 1 aliphatic heterocycles. The molecule has 23 heavy (non-hydrogen) atoms. The van der Waals surface area contributed by atoms with Crippen LogP contribution in [-0.2, 0) is 0 Å². The highest BCUT2D eigenvalue weighted by Gasteiger charge is 2.21. The van der Waals surface area contributed by atoms with Gasteiger partial charge in [-0.15, -0.1) is 0 Å². The van der Waals surface area contributed by atoms with Crippen molar-refractivity contribution in [3.8, 4) is 0 Å². The van der Waals surface area contributed by atoms with Gasteiger partial charge < -0.3 is 9.80 Å². The van der Waals surface area contributed by atoms with Crippen LogP contribution in [0.15, 0.2) is 17.4 Å². The summed E-state index contributed by atoms with van der Waals surface area (Å²) in [6.07, 6.45) is 3.91. The Bertz CT molecular complexity index is 677. The van der Waals surface area contributed by atoms with Crippen molar-refractivity contribution >= 4 is 23.5 Å². The Kier molecular flexibility index (Phi) is 4.66. The zero-order valence-electron chi connectivity index (χ0n) is 14.1. The summed E-state index contributed by atoms with van der Waals surface area (Å²) in [6, 6.07) is 2.01. The summed E-state index contributed by atoms with van der Waals surface area (Å²) in [7, 11) is 0. The molecular formula is C16H22N6S. The van der Waals surface area contributed by atoms with Crippen molar-refractivity contribution in [1.82, 2.24) is 19.9 Å². The predicted octanol–water partition coefficient (Wildman–Crippen LogP) is 2.24. The van der Waals surface area contributed by atoms with Gasteiger partial charge in [-0.25, -0.2) is 19.9 Å². The Morgan fingerprint density at radius 2 is 1.52 bits per heavy atom. The minimum absolute atomic E-state index is 0.825. The first kappa shape index (κ1) is 16.0. The molecule has 0 amide bonds. The van der Waals surface area contributed by atoms with Gasteiger partial charge in [0.15, 0.2) is 5.16 Å². The lowest BCUT2D eigenvalue weighted by atomic mass is 10.2. The zero-order chi connectivity index (χ0) is 16.4. The normalized spacial score (nSPS) is 15.1. The minimum atomic E-state index is 0.825. The average molecular weight is 330 g/mol. The number of rotatable bonds is 3. The van der Waals surface area contributed by atoms with Gasteiger partial charge >= 0.3 is 0 Å². The molecule has 1 fully saturated rings. The maximum absolute atomic E-state index is 4.67. The molecule has 0 atom stereocenters. The van der Waals surface area contributed by atoms with Crippen molar-refractivity contribution in [2.24, 2.45) is 0 Å². The second-order valence-electron chi connectivity index (χ2n) is 5.79. The molecule has 2 aromatic heterocycles. The summed E-state index contributed by atoms with van der Waals surface area (Å²) >= 11 is 1.58. The number of aromatic nitrogens is 4. The molecule has 7 heteroatoms. The Morgan fingerprint density at radius 1 is 0.913 bits per heavy atom. The van der Waals surface area contributed by atoms with Gasteiger partial charge in [0.2, 0.25) is 5.95 Å². The largest absolute Gasteiger partial charge is 0.353 e. The molecule has 0 bridgehead atoms. The van der Waals surface area contributed by atoms with Crippen LogP contribution in [0.25, 0.3) is 0 Å². The van der Waals surface area contributed by atoms with Gasteiger partial charge in [0.25, 0.3) is 0 Å². The highest BCUT2D eigenvalue weighted by atomic mass is 32.2. The number of anilines is 2. The zero-order valence-corrected chi connectivity index (χ0v) is 14.9. The number of hydrogen-bond donors (Lipinski definition) is 0. The lowest BCUT2D eigenvalue weighted by molar-refractivity contribution is 0.628. The van der Waals surface area contributed by atoms with Crippen LogP contribution in [0.5, 0.6) is 0 Å². The number of piperazine rings is 1. The predicted molar refractivity (Wildman–Crippen MR) is 94.5 cm³/mol. The van der Waals surface area contributed by atoms with E-state index in [-0.39, 0.29) is 0 Å². The first-order valence-electron chi connectivity index (χ1n) is 7.76. The van der Waals surface area contributed by atoms with Gasteiger partial charge in [-0.3, -0.25) is 0 Å². The smallest absolute Gasteiger partial charge is 0.225 e. The summed E-state index contributed by atoms with van der Waals surface area (Å²) in [5.41, 5.74) is 3.16. The molecule has 0 N–H and O–H groups in total. The van der Waals surface area contributed by atoms with E-state index in [4.69, 9.17) is 0 Å². The standard InChI is InChI=1S/C16H22N6S/c1-11-10-17-16(23-4)20-14(11)21-5-7-22(8-6-21)15-18-12(2)9-13(3)19-15/h9-10H,5-8H2,1-4H3. The monoisotopic (exact) mass is 330 g/mol. The van der Waals surface area contributed by atoms with E-state index in [1.165, 1.54) is 0 Å². The lowest BCUT2D eigenvalue weighted by Crippen LogP contribution is -2.47. The van der Waals surface area contributed by atoms with E-state index >= 15 is 0 Å². The Balaban J connectivity index is 1.73. The molecular weight excluding hydrogens is 308 g/mol. The number of nitrogens with zero attached hydrogens (tertiary/aromatic N) is 6. The van der Waals surface area contributed by atoms with Crippen LogP contribution < -0.4 is 9.80 Å². The van der Waals surface area contributed by atoms with Gasteiger partial charge in [0.1, 0.15) is 5.82 Å². The van der Waals surface area contributed by atoms with Gasteiger partial charge in [0.05, 0.1) is 0 Å². The quantitative estimate of drug-likeness (QED) is 0.632. The van der Waals surface area contributed by atoms with E-state index in [2.05, 4.69) is 36.7 Å². The maximum atomic E-state index is 4.67. The molecule has 3 heterocycles. The fourth-order valence-corrected chi connectivity index (χ4v) is 3.14. The van der Waals surface area contributed by atoms with Crippen LogP contribution in [0.2, 0.25) is 0 Å². The number of thioether (sulfide) groups is 1. The number of hydrogen-bond acceptors (Lipinski definition) is 7. The molecule has 0 spiro atoms. The second kappa shape index (κ2) is 6.70. The second-order valence-corrected chi connectivity index (χ2v) is 6.56. The fourth-order valence-electron chi connectivity index (χ4n) is 2.80. The highest BCUT2D eigenvalue weighted by Crippen LogP contribution is 2.22. The van der Waals surface area contributed by atoms with Crippen LogP contribution in [0, 0.1) is 20.8 Å². The van der Waals surface area contributed by atoms with Gasteiger partial charge in [-0.2, -0.15) is 0 Å². The van der Waals surface area contributed by atoms with E-state index in [1.807, 2.05) is 32.4 Å².